The monoisotopic (exact) mass is 448 g/mol. The largest absolute Gasteiger partial charge is 0.466 e. The molecule has 0 bridgehead atoms. The van der Waals surface area contributed by atoms with Gasteiger partial charge in [0.25, 0.3) is 0 Å². The number of ether oxygens (including phenoxy) is 1. The first kappa shape index (κ1) is 21.4. The number of hydrogen-bond acceptors (Lipinski definition) is 5. The summed E-state index contributed by atoms with van der Waals surface area (Å²) in [6, 6.07) is 4.07. The molecular formula is C23H26Cl2N2O3. The van der Waals surface area contributed by atoms with Gasteiger partial charge < -0.3 is 9.57 Å². The molecule has 1 aliphatic carbocycles. The lowest BCUT2D eigenvalue weighted by Gasteiger charge is -2.37. The lowest BCUT2D eigenvalue weighted by molar-refractivity contribution is -0.136. The predicted octanol–water partition coefficient (Wildman–Crippen LogP) is 5.23. The van der Waals surface area contributed by atoms with Crippen LogP contribution in [0.1, 0.15) is 43.2 Å². The SMILES string of the molecule is COC(=O)C1=CC=C(C2=NOC3(CCN(Cc4cc(C)c(Cl)c(Cl)c4)CC3)C2)CC1. The van der Waals surface area contributed by atoms with E-state index in [0.29, 0.717) is 22.0 Å². The van der Waals surface area contributed by atoms with Gasteiger partial charge in [-0.2, -0.15) is 0 Å². The van der Waals surface area contributed by atoms with Crippen LogP contribution < -0.4 is 0 Å². The highest BCUT2D eigenvalue weighted by molar-refractivity contribution is 6.42. The first-order valence-electron chi connectivity index (χ1n) is 10.3. The molecule has 0 N–H and O–H groups in total. The number of hydrogen-bond donors (Lipinski definition) is 0. The number of esters is 1. The van der Waals surface area contributed by atoms with Crippen LogP contribution in [-0.4, -0.2) is 42.4 Å². The molecule has 1 fully saturated rings. The zero-order chi connectivity index (χ0) is 21.3. The zero-order valence-electron chi connectivity index (χ0n) is 17.3. The average molecular weight is 449 g/mol. The number of carbonyl (C=O) groups excluding carboxylic acids is 1. The fourth-order valence-corrected chi connectivity index (χ4v) is 4.80. The van der Waals surface area contributed by atoms with Crippen molar-refractivity contribution in [2.75, 3.05) is 20.2 Å². The van der Waals surface area contributed by atoms with Crippen molar-refractivity contribution in [3.63, 3.8) is 0 Å². The minimum absolute atomic E-state index is 0.202. The van der Waals surface area contributed by atoms with Crippen molar-refractivity contribution in [3.8, 4) is 0 Å². The van der Waals surface area contributed by atoms with Gasteiger partial charge in [0.2, 0.25) is 0 Å². The highest BCUT2D eigenvalue weighted by Gasteiger charge is 2.42. The number of oxime groups is 1. The second-order valence-electron chi connectivity index (χ2n) is 8.35. The molecule has 1 spiro atoms. The number of methoxy groups -OCH3 is 1. The Kier molecular flexibility index (Phi) is 6.24. The predicted molar refractivity (Wildman–Crippen MR) is 119 cm³/mol. The van der Waals surface area contributed by atoms with Gasteiger partial charge in [-0.15, -0.1) is 0 Å². The highest BCUT2D eigenvalue weighted by atomic mass is 35.5. The summed E-state index contributed by atoms with van der Waals surface area (Å²) >= 11 is 12.4. The molecule has 7 heteroatoms. The van der Waals surface area contributed by atoms with Crippen LogP contribution in [0.2, 0.25) is 10.0 Å². The van der Waals surface area contributed by atoms with E-state index < -0.39 is 0 Å². The van der Waals surface area contributed by atoms with Crippen LogP contribution in [-0.2, 0) is 20.9 Å². The molecule has 5 nitrogen and oxygen atoms in total. The van der Waals surface area contributed by atoms with Crippen LogP contribution in [0.3, 0.4) is 0 Å². The molecule has 0 atom stereocenters. The molecular weight excluding hydrogens is 423 g/mol. The van der Waals surface area contributed by atoms with Gasteiger partial charge in [-0.1, -0.05) is 46.6 Å². The number of halogens is 2. The molecule has 1 aromatic carbocycles. The number of nitrogens with zero attached hydrogens (tertiary/aromatic N) is 2. The number of aryl methyl sites for hydroxylation is 1. The third-order valence-electron chi connectivity index (χ3n) is 6.25. The highest BCUT2D eigenvalue weighted by Crippen LogP contribution is 2.38. The van der Waals surface area contributed by atoms with Gasteiger partial charge in [0.05, 0.1) is 22.9 Å². The lowest BCUT2D eigenvalue weighted by Crippen LogP contribution is -2.44. The maximum absolute atomic E-state index is 11.7. The van der Waals surface area contributed by atoms with Crippen LogP contribution in [0.5, 0.6) is 0 Å². The molecule has 2 heterocycles. The molecule has 0 aromatic heterocycles. The molecule has 4 rings (SSSR count). The Morgan fingerprint density at radius 3 is 2.63 bits per heavy atom. The van der Waals surface area contributed by atoms with Crippen molar-refractivity contribution >= 4 is 34.9 Å². The third-order valence-corrected chi connectivity index (χ3v) is 7.15. The van der Waals surface area contributed by atoms with E-state index in [9.17, 15) is 4.79 Å². The first-order chi connectivity index (χ1) is 14.4. The molecule has 1 saturated heterocycles. The molecule has 0 amide bonds. The molecule has 160 valence electrons. The van der Waals surface area contributed by atoms with Crippen molar-refractivity contribution in [1.29, 1.82) is 0 Å². The van der Waals surface area contributed by atoms with Crippen LogP contribution in [0, 0.1) is 6.92 Å². The summed E-state index contributed by atoms with van der Waals surface area (Å²) in [6.45, 7) is 4.74. The number of benzene rings is 1. The molecule has 2 aliphatic heterocycles. The Balaban J connectivity index is 1.33. The standard InChI is InChI=1S/C23H26Cl2N2O3/c1-15-11-16(12-19(24)21(15)25)14-27-9-7-23(8-10-27)13-20(26-30-23)17-3-5-18(6-4-17)22(28)29-2/h3,5,11-12H,4,6-10,13-14H2,1-2H3. The van der Waals surface area contributed by atoms with E-state index in [1.807, 2.05) is 25.1 Å². The van der Waals surface area contributed by atoms with Crippen LogP contribution >= 0.6 is 23.2 Å². The minimum Gasteiger partial charge on any atom is -0.466 e. The summed E-state index contributed by atoms with van der Waals surface area (Å²) in [6.07, 6.45) is 8.02. The average Bonchev–Trinajstić information content (AvgIpc) is 3.17. The second kappa shape index (κ2) is 8.74. The summed E-state index contributed by atoms with van der Waals surface area (Å²) in [5.41, 5.74) is 4.88. The number of allylic oxidation sites excluding steroid dienone is 3. The maximum atomic E-state index is 11.7. The molecule has 0 saturated carbocycles. The molecule has 3 aliphatic rings. The van der Waals surface area contributed by atoms with E-state index in [0.717, 1.165) is 62.2 Å². The van der Waals surface area contributed by atoms with Gasteiger partial charge in [0, 0.05) is 44.5 Å². The van der Waals surface area contributed by atoms with Crippen LogP contribution in [0.15, 0.2) is 40.6 Å². The van der Waals surface area contributed by atoms with Crippen molar-refractivity contribution < 1.29 is 14.4 Å². The van der Waals surface area contributed by atoms with E-state index in [2.05, 4.69) is 16.1 Å². The Bertz CT molecular complexity index is 921. The number of piperidine rings is 1. The van der Waals surface area contributed by atoms with Crippen LogP contribution in [0.4, 0.5) is 0 Å². The topological polar surface area (TPSA) is 51.1 Å². The molecule has 0 radical (unpaired) electrons. The van der Waals surface area contributed by atoms with Gasteiger partial charge in [0.1, 0.15) is 5.60 Å². The van der Waals surface area contributed by atoms with Gasteiger partial charge in [-0.3, -0.25) is 4.90 Å². The zero-order valence-corrected chi connectivity index (χ0v) is 18.9. The first-order valence-corrected chi connectivity index (χ1v) is 11.0. The molecule has 30 heavy (non-hydrogen) atoms. The third kappa shape index (κ3) is 4.43. The maximum Gasteiger partial charge on any atom is 0.333 e. The summed E-state index contributed by atoms with van der Waals surface area (Å²) < 4.78 is 4.80. The van der Waals surface area contributed by atoms with Crippen molar-refractivity contribution in [2.24, 2.45) is 5.16 Å². The Labute approximate surface area is 187 Å². The number of likely N-dealkylation sites (tertiary alicyclic amines) is 1. The molecule has 1 aromatic rings. The second-order valence-corrected chi connectivity index (χ2v) is 9.13. The van der Waals surface area contributed by atoms with Crippen molar-refractivity contribution in [3.05, 3.63) is 56.6 Å². The lowest BCUT2D eigenvalue weighted by atomic mass is 9.83. The van der Waals surface area contributed by atoms with Gasteiger partial charge in [-0.25, -0.2) is 4.79 Å². The van der Waals surface area contributed by atoms with E-state index in [1.165, 1.54) is 12.7 Å². The van der Waals surface area contributed by atoms with E-state index >= 15 is 0 Å². The smallest absolute Gasteiger partial charge is 0.333 e. The minimum atomic E-state index is -0.254. The van der Waals surface area contributed by atoms with Crippen LogP contribution in [0.25, 0.3) is 0 Å². The Hall–Kier alpha value is -1.82. The normalized spacial score (nSPS) is 21.0. The fourth-order valence-electron chi connectivity index (χ4n) is 4.41. The van der Waals surface area contributed by atoms with Gasteiger partial charge in [-0.05, 0) is 42.5 Å². The number of rotatable bonds is 4. The summed E-state index contributed by atoms with van der Waals surface area (Å²) in [4.78, 5) is 20.1. The summed E-state index contributed by atoms with van der Waals surface area (Å²) in [5, 5.41) is 5.67. The fraction of sp³-hybridized carbons (Fsp3) is 0.478. The van der Waals surface area contributed by atoms with Crippen molar-refractivity contribution in [2.45, 2.75) is 51.2 Å². The Morgan fingerprint density at radius 2 is 2.00 bits per heavy atom. The number of carbonyl (C=O) groups is 1. The summed E-state index contributed by atoms with van der Waals surface area (Å²) in [7, 11) is 1.41. The van der Waals surface area contributed by atoms with Crippen molar-refractivity contribution in [1.82, 2.24) is 4.90 Å². The van der Waals surface area contributed by atoms with E-state index in [4.69, 9.17) is 32.8 Å². The quantitative estimate of drug-likeness (QED) is 0.591. The Morgan fingerprint density at radius 1 is 1.23 bits per heavy atom. The molecule has 0 unspecified atom stereocenters. The van der Waals surface area contributed by atoms with E-state index in [-0.39, 0.29) is 11.6 Å². The van der Waals surface area contributed by atoms with E-state index in [1.54, 1.807) is 0 Å². The van der Waals surface area contributed by atoms with Gasteiger partial charge in [0.15, 0.2) is 0 Å². The summed E-state index contributed by atoms with van der Waals surface area (Å²) in [5.74, 6) is -0.254. The van der Waals surface area contributed by atoms with Gasteiger partial charge >= 0.3 is 5.97 Å².